The summed E-state index contributed by atoms with van der Waals surface area (Å²) in [5.41, 5.74) is 0.272. The first-order chi connectivity index (χ1) is 9.76. The molecule has 0 aliphatic carbocycles. The van der Waals surface area contributed by atoms with Crippen LogP contribution in [0.3, 0.4) is 0 Å². The summed E-state index contributed by atoms with van der Waals surface area (Å²) >= 11 is 0. The zero-order valence-electron chi connectivity index (χ0n) is 12.6. The minimum Gasteiger partial charge on any atom is -0.481 e. The normalized spacial score (nSPS) is 13.3. The van der Waals surface area contributed by atoms with E-state index in [1.54, 1.807) is 4.90 Å². The minimum atomic E-state index is -1.48. The Bertz CT molecular complexity index is 514. The molecule has 6 nitrogen and oxygen atoms in total. The monoisotopic (exact) mass is 294 g/mol. The van der Waals surface area contributed by atoms with Crippen LogP contribution in [0.1, 0.15) is 25.8 Å². The van der Waals surface area contributed by atoms with Gasteiger partial charge in [-0.3, -0.25) is 9.69 Å². The third-order valence-electron chi connectivity index (χ3n) is 3.12. The van der Waals surface area contributed by atoms with Gasteiger partial charge < -0.3 is 15.5 Å². The fourth-order valence-corrected chi connectivity index (χ4v) is 2.04. The number of nitrogens with zero attached hydrogens (tertiary/aromatic N) is 1. The smallest absolute Gasteiger partial charge is 0.321 e. The molecule has 0 radical (unpaired) electrons. The molecule has 0 aliphatic rings. The number of carbonyl (C=O) groups is 2. The maximum absolute atomic E-state index is 12.2. The van der Waals surface area contributed by atoms with Gasteiger partial charge in [0.05, 0.1) is 12.0 Å². The van der Waals surface area contributed by atoms with Gasteiger partial charge in [-0.2, -0.15) is 0 Å². The van der Waals surface area contributed by atoms with Crippen LogP contribution in [0.2, 0.25) is 0 Å². The Morgan fingerprint density at radius 2 is 1.95 bits per heavy atom. The second kappa shape index (κ2) is 7.08. The average molecular weight is 294 g/mol. The Kier molecular flexibility index (Phi) is 5.72. The first kappa shape index (κ1) is 17.0. The molecule has 3 N–H and O–H groups in total. The minimum absolute atomic E-state index is 0.124. The van der Waals surface area contributed by atoms with E-state index in [2.05, 4.69) is 5.32 Å². The maximum Gasteiger partial charge on any atom is 0.321 e. The second-order valence-corrected chi connectivity index (χ2v) is 5.26. The maximum atomic E-state index is 12.2. The van der Waals surface area contributed by atoms with E-state index in [1.165, 1.54) is 6.92 Å². The molecule has 21 heavy (non-hydrogen) atoms. The van der Waals surface area contributed by atoms with Gasteiger partial charge in [0.25, 0.3) is 0 Å². The van der Waals surface area contributed by atoms with E-state index in [0.29, 0.717) is 6.54 Å². The lowest BCUT2D eigenvalue weighted by atomic mass is 10.0. The van der Waals surface area contributed by atoms with Gasteiger partial charge in [-0.15, -0.1) is 0 Å². The van der Waals surface area contributed by atoms with Gasteiger partial charge in [-0.1, -0.05) is 18.2 Å². The van der Waals surface area contributed by atoms with Crippen LogP contribution in [0.4, 0.5) is 10.5 Å². The molecule has 6 heteroatoms. The molecule has 116 valence electrons. The zero-order valence-corrected chi connectivity index (χ0v) is 12.6. The molecule has 0 saturated heterocycles. The van der Waals surface area contributed by atoms with Gasteiger partial charge >= 0.3 is 12.0 Å². The summed E-state index contributed by atoms with van der Waals surface area (Å²) in [7, 11) is 0. The molecule has 2 amide bonds. The summed E-state index contributed by atoms with van der Waals surface area (Å²) in [4.78, 5) is 24.4. The first-order valence-corrected chi connectivity index (χ1v) is 6.82. The summed E-state index contributed by atoms with van der Waals surface area (Å²) in [6, 6.07) is 7.12. The Morgan fingerprint density at radius 1 is 1.33 bits per heavy atom. The van der Waals surface area contributed by atoms with E-state index < -0.39 is 18.0 Å². The second-order valence-electron chi connectivity index (χ2n) is 5.26. The number of carboxylic acids is 1. The van der Waals surface area contributed by atoms with Crippen LogP contribution in [0.25, 0.3) is 0 Å². The largest absolute Gasteiger partial charge is 0.481 e. The number of carboxylic acid groups (broad SMARTS) is 1. The number of nitrogens with one attached hydrogen (secondary N) is 1. The number of aryl methyl sites for hydroxylation is 1. The van der Waals surface area contributed by atoms with Crippen molar-refractivity contribution in [2.24, 2.45) is 0 Å². The molecule has 0 bridgehead atoms. The van der Waals surface area contributed by atoms with Gasteiger partial charge in [0.1, 0.15) is 0 Å². The van der Waals surface area contributed by atoms with Crippen LogP contribution in [0.15, 0.2) is 24.3 Å². The van der Waals surface area contributed by atoms with Crippen molar-refractivity contribution >= 4 is 17.7 Å². The van der Waals surface area contributed by atoms with E-state index in [1.807, 2.05) is 38.1 Å². The van der Waals surface area contributed by atoms with Crippen LogP contribution >= 0.6 is 0 Å². The lowest BCUT2D eigenvalue weighted by Crippen LogP contribution is -2.47. The number of aliphatic hydroxyl groups is 1. The molecule has 1 aromatic rings. The molecule has 0 aliphatic heterocycles. The topological polar surface area (TPSA) is 89.9 Å². The lowest BCUT2D eigenvalue weighted by molar-refractivity contribution is -0.141. The average Bonchev–Trinajstić information content (AvgIpc) is 2.38. The number of hydrogen-bond acceptors (Lipinski definition) is 3. The number of benzene rings is 1. The number of carbonyl (C=O) groups excluding carboxylic acids is 1. The number of para-hydroxylation sites is 1. The molecule has 0 spiro atoms. The number of amides is 2. The Hall–Kier alpha value is -2.08. The number of rotatable bonds is 6. The third kappa shape index (κ3) is 5.07. The van der Waals surface area contributed by atoms with Crippen molar-refractivity contribution in [1.29, 1.82) is 0 Å². The van der Waals surface area contributed by atoms with E-state index in [0.717, 1.165) is 11.3 Å². The first-order valence-electron chi connectivity index (χ1n) is 6.82. The molecular weight excluding hydrogens is 272 g/mol. The van der Waals surface area contributed by atoms with E-state index in [-0.39, 0.29) is 12.6 Å². The zero-order chi connectivity index (χ0) is 16.0. The molecule has 0 saturated carbocycles. The highest BCUT2D eigenvalue weighted by atomic mass is 16.4. The number of urea groups is 1. The van der Waals surface area contributed by atoms with Crippen molar-refractivity contribution in [3.8, 4) is 0 Å². The van der Waals surface area contributed by atoms with Crippen LogP contribution in [-0.4, -0.2) is 40.9 Å². The van der Waals surface area contributed by atoms with Crippen molar-refractivity contribution in [3.05, 3.63) is 29.8 Å². The fourth-order valence-electron chi connectivity index (χ4n) is 2.04. The van der Waals surface area contributed by atoms with Gasteiger partial charge in [0.15, 0.2) is 0 Å². The molecule has 1 unspecified atom stereocenters. The standard InChI is InChI=1S/C15H22N2O4/c1-4-17(12-8-6-5-7-11(12)2)14(20)16-10-15(3,21)9-13(18)19/h5-8,21H,4,9-10H2,1-3H3,(H,16,20)(H,18,19). The predicted molar refractivity (Wildman–Crippen MR) is 80.5 cm³/mol. The van der Waals surface area contributed by atoms with Crippen molar-refractivity contribution in [1.82, 2.24) is 5.32 Å². The van der Waals surface area contributed by atoms with E-state index in [9.17, 15) is 14.7 Å². The van der Waals surface area contributed by atoms with Crippen LogP contribution in [0, 0.1) is 6.92 Å². The molecule has 0 heterocycles. The van der Waals surface area contributed by atoms with Crippen molar-refractivity contribution < 1.29 is 19.8 Å². The predicted octanol–water partition coefficient (Wildman–Crippen LogP) is 1.76. The number of hydrogen-bond donors (Lipinski definition) is 3. The molecule has 1 rings (SSSR count). The van der Waals surface area contributed by atoms with E-state index in [4.69, 9.17) is 5.11 Å². The summed E-state index contributed by atoms with van der Waals surface area (Å²) < 4.78 is 0. The van der Waals surface area contributed by atoms with Gasteiger partial charge in [-0.25, -0.2) is 4.79 Å². The Balaban J connectivity index is 2.73. The highest BCUT2D eigenvalue weighted by Crippen LogP contribution is 2.19. The SMILES string of the molecule is CCN(C(=O)NCC(C)(O)CC(=O)O)c1ccccc1C. The molecular formula is C15H22N2O4. The fraction of sp³-hybridized carbons (Fsp3) is 0.467. The van der Waals surface area contributed by atoms with Crippen LogP contribution in [-0.2, 0) is 4.79 Å². The summed E-state index contributed by atoms with van der Waals surface area (Å²) in [5, 5.41) is 21.2. The highest BCUT2D eigenvalue weighted by molar-refractivity contribution is 5.92. The highest BCUT2D eigenvalue weighted by Gasteiger charge is 2.26. The molecule has 1 aromatic carbocycles. The summed E-state index contributed by atoms with van der Waals surface area (Å²) in [6.07, 6.45) is -0.427. The quantitative estimate of drug-likeness (QED) is 0.745. The third-order valence-corrected chi connectivity index (χ3v) is 3.12. The van der Waals surface area contributed by atoms with Crippen LogP contribution in [0.5, 0.6) is 0 Å². The molecule has 0 aromatic heterocycles. The molecule has 1 atom stereocenters. The van der Waals surface area contributed by atoms with Crippen molar-refractivity contribution in [2.75, 3.05) is 18.0 Å². The number of anilines is 1. The molecule has 0 fully saturated rings. The van der Waals surface area contributed by atoms with Crippen LogP contribution < -0.4 is 10.2 Å². The van der Waals surface area contributed by atoms with Crippen molar-refractivity contribution in [3.63, 3.8) is 0 Å². The van der Waals surface area contributed by atoms with Gasteiger partial charge in [0, 0.05) is 18.8 Å². The van der Waals surface area contributed by atoms with Gasteiger partial charge in [-0.05, 0) is 32.4 Å². The Labute approximate surface area is 124 Å². The summed E-state index contributed by atoms with van der Waals surface area (Å²) in [6.45, 7) is 5.48. The lowest BCUT2D eigenvalue weighted by Gasteiger charge is -2.26. The number of aliphatic carboxylic acids is 1. The summed E-state index contributed by atoms with van der Waals surface area (Å²) in [5.74, 6) is -1.11. The van der Waals surface area contributed by atoms with Crippen molar-refractivity contribution in [2.45, 2.75) is 32.8 Å². The van der Waals surface area contributed by atoms with Gasteiger partial charge in [0.2, 0.25) is 0 Å². The van der Waals surface area contributed by atoms with E-state index >= 15 is 0 Å². The Morgan fingerprint density at radius 3 is 2.48 bits per heavy atom.